The van der Waals surface area contributed by atoms with E-state index in [1.807, 2.05) is 72.9 Å². The van der Waals surface area contributed by atoms with E-state index in [-0.39, 0.29) is 5.78 Å². The number of pyridine rings is 2. The van der Waals surface area contributed by atoms with E-state index < -0.39 is 0 Å². The van der Waals surface area contributed by atoms with Crippen molar-refractivity contribution in [1.29, 1.82) is 0 Å². The van der Waals surface area contributed by atoms with Crippen LogP contribution in [0.2, 0.25) is 0 Å². The summed E-state index contributed by atoms with van der Waals surface area (Å²) in [4.78, 5) is 26.2. The molecule has 220 valence electrons. The van der Waals surface area contributed by atoms with Crippen LogP contribution in [0.1, 0.15) is 39.0 Å². The predicted octanol–water partition coefficient (Wildman–Crippen LogP) is 7.15. The van der Waals surface area contributed by atoms with Crippen molar-refractivity contribution >= 4 is 49.2 Å². The summed E-state index contributed by atoms with van der Waals surface area (Å²) in [6, 6.07) is 36.1. The Labute approximate surface area is 266 Å². The first-order valence-corrected chi connectivity index (χ1v) is 15.4. The maximum Gasteiger partial charge on any atom is 0.195 e. The Balaban J connectivity index is 0.000000157. The first-order valence-electron chi connectivity index (χ1n) is 14.6. The standard InChI is InChI=1S/C19H16N2.C16H10BrNO.C2H8N2/c1-3-9-17-14(6-1)8-5-11-20-19(17)16-12-15-7-2-4-10-18(15)21-13-16;17-14-7-3-2-6-13(14)16(19)12-9-11-5-1-4-8-15(11)18-10-12;3-1-2-4/h1-4,6-7,9-10,12-13H,5,8,11H2;1-10H;1-4H2. The zero-order valence-electron chi connectivity index (χ0n) is 24.4. The molecule has 0 saturated heterocycles. The smallest absolute Gasteiger partial charge is 0.195 e. The lowest BCUT2D eigenvalue weighted by Crippen LogP contribution is -2.11. The average molecular weight is 645 g/mol. The number of hydrogen-bond acceptors (Lipinski definition) is 6. The Kier molecular flexibility index (Phi) is 10.7. The maximum absolute atomic E-state index is 12.4. The lowest BCUT2D eigenvalue weighted by molar-refractivity contribution is 0.103. The van der Waals surface area contributed by atoms with Gasteiger partial charge in [0.05, 0.1) is 16.7 Å². The van der Waals surface area contributed by atoms with Crippen LogP contribution in [0.4, 0.5) is 0 Å². The van der Waals surface area contributed by atoms with Crippen LogP contribution in [0.5, 0.6) is 0 Å². The van der Waals surface area contributed by atoms with Crippen molar-refractivity contribution in [3.8, 4) is 0 Å². The lowest BCUT2D eigenvalue weighted by atomic mass is 9.96. The Bertz CT molecular complexity index is 1920. The predicted molar refractivity (Wildman–Crippen MR) is 184 cm³/mol. The number of halogens is 1. The molecule has 0 atom stereocenters. The molecule has 0 saturated carbocycles. The number of aliphatic imine (C=N–C) groups is 1. The minimum Gasteiger partial charge on any atom is -0.329 e. The highest BCUT2D eigenvalue weighted by atomic mass is 79.9. The monoisotopic (exact) mass is 643 g/mol. The van der Waals surface area contributed by atoms with Crippen LogP contribution >= 0.6 is 15.9 Å². The highest BCUT2D eigenvalue weighted by Gasteiger charge is 2.15. The summed E-state index contributed by atoms with van der Waals surface area (Å²) < 4.78 is 0.799. The van der Waals surface area contributed by atoms with E-state index >= 15 is 0 Å². The second-order valence-corrected chi connectivity index (χ2v) is 11.1. The van der Waals surface area contributed by atoms with Crippen LogP contribution in [0, 0.1) is 0 Å². The quantitative estimate of drug-likeness (QED) is 0.198. The molecule has 0 unspecified atom stereocenters. The molecule has 0 radical (unpaired) electrons. The van der Waals surface area contributed by atoms with E-state index in [2.05, 4.69) is 68.4 Å². The third-order valence-electron chi connectivity index (χ3n) is 7.15. The van der Waals surface area contributed by atoms with Crippen LogP contribution < -0.4 is 11.5 Å². The highest BCUT2D eigenvalue weighted by Crippen LogP contribution is 2.23. The molecule has 1 aliphatic heterocycles. The summed E-state index contributed by atoms with van der Waals surface area (Å²) in [5.41, 5.74) is 17.8. The number of ketones is 1. The van der Waals surface area contributed by atoms with E-state index in [4.69, 9.17) is 16.5 Å². The fourth-order valence-corrected chi connectivity index (χ4v) is 5.42. The number of carbonyl (C=O) groups excluding carboxylic acids is 1. The molecule has 0 fully saturated rings. The van der Waals surface area contributed by atoms with Crippen molar-refractivity contribution < 1.29 is 4.79 Å². The highest BCUT2D eigenvalue weighted by molar-refractivity contribution is 9.10. The molecular formula is C37H34BrN5O. The molecule has 0 bridgehead atoms. The van der Waals surface area contributed by atoms with Crippen molar-refractivity contribution in [1.82, 2.24) is 9.97 Å². The van der Waals surface area contributed by atoms with Gasteiger partial charge < -0.3 is 11.5 Å². The Hall–Kier alpha value is -4.56. The summed E-state index contributed by atoms with van der Waals surface area (Å²) in [6.45, 7) is 2.08. The molecule has 4 N–H and O–H groups in total. The van der Waals surface area contributed by atoms with Gasteiger partial charge in [0.1, 0.15) is 0 Å². The maximum atomic E-state index is 12.4. The van der Waals surface area contributed by atoms with Crippen LogP contribution in [0.3, 0.4) is 0 Å². The number of aromatic nitrogens is 2. The number of rotatable bonds is 4. The fourth-order valence-electron chi connectivity index (χ4n) is 4.96. The van der Waals surface area contributed by atoms with Crippen LogP contribution in [0.15, 0.2) is 131 Å². The van der Waals surface area contributed by atoms with E-state index in [1.165, 1.54) is 16.5 Å². The van der Waals surface area contributed by atoms with Gasteiger partial charge in [-0.05, 0) is 54.8 Å². The van der Waals surface area contributed by atoms with Crippen molar-refractivity contribution in [2.24, 2.45) is 16.5 Å². The van der Waals surface area contributed by atoms with Gasteiger partial charge in [0.25, 0.3) is 0 Å². The number of carbonyl (C=O) groups is 1. The number of benzene rings is 4. The average Bonchev–Trinajstić information content (AvgIpc) is 3.31. The molecule has 0 spiro atoms. The second-order valence-electron chi connectivity index (χ2n) is 10.2. The number of hydrogen-bond donors (Lipinski definition) is 2. The first-order chi connectivity index (χ1) is 21.6. The van der Waals surface area contributed by atoms with Gasteiger partial charge in [0, 0.05) is 69.5 Å². The number of fused-ring (bicyclic) bond motifs is 3. The Morgan fingerprint density at radius 1 is 0.727 bits per heavy atom. The molecular weight excluding hydrogens is 610 g/mol. The normalized spacial score (nSPS) is 12.1. The summed E-state index contributed by atoms with van der Waals surface area (Å²) in [6.07, 6.45) is 5.79. The SMILES string of the molecule is NCCN.O=C(c1cnc2ccccc2c1)c1ccccc1Br.c1ccc2c(c1)CCCN=C2c1cnc2ccccc2c1. The molecule has 3 heterocycles. The third-order valence-corrected chi connectivity index (χ3v) is 7.84. The topological polar surface area (TPSA) is 107 Å². The molecule has 0 amide bonds. The van der Waals surface area contributed by atoms with Crippen LogP contribution in [-0.2, 0) is 6.42 Å². The molecule has 4 aromatic carbocycles. The van der Waals surface area contributed by atoms with E-state index in [0.29, 0.717) is 24.2 Å². The fraction of sp³-hybridized carbons (Fsp3) is 0.135. The van der Waals surface area contributed by atoms with Crippen molar-refractivity contribution in [2.75, 3.05) is 19.6 Å². The molecule has 1 aliphatic rings. The summed E-state index contributed by atoms with van der Waals surface area (Å²) in [7, 11) is 0. The van der Waals surface area contributed by atoms with Gasteiger partial charge in [-0.1, -0.05) is 88.7 Å². The minimum atomic E-state index is -0.0225. The van der Waals surface area contributed by atoms with Crippen molar-refractivity contribution in [3.05, 3.63) is 154 Å². The zero-order chi connectivity index (χ0) is 30.7. The van der Waals surface area contributed by atoms with Gasteiger partial charge in [0.2, 0.25) is 0 Å². The second kappa shape index (κ2) is 15.3. The van der Waals surface area contributed by atoms with Crippen LogP contribution in [-0.4, -0.2) is 41.1 Å². The van der Waals surface area contributed by atoms with Crippen LogP contribution in [0.25, 0.3) is 21.8 Å². The lowest BCUT2D eigenvalue weighted by Gasteiger charge is -2.10. The number of para-hydroxylation sites is 2. The number of aryl methyl sites for hydroxylation is 1. The molecule has 7 heteroatoms. The zero-order valence-corrected chi connectivity index (χ0v) is 26.0. The molecule has 7 rings (SSSR count). The third kappa shape index (κ3) is 7.50. The van der Waals surface area contributed by atoms with Gasteiger partial charge in [-0.3, -0.25) is 19.8 Å². The number of nitrogens with two attached hydrogens (primary N) is 2. The molecule has 6 aromatic rings. The van der Waals surface area contributed by atoms with Gasteiger partial charge in [-0.25, -0.2) is 0 Å². The molecule has 2 aromatic heterocycles. The molecule has 44 heavy (non-hydrogen) atoms. The van der Waals surface area contributed by atoms with Gasteiger partial charge >= 0.3 is 0 Å². The Morgan fingerprint density at radius 2 is 1.34 bits per heavy atom. The Morgan fingerprint density at radius 3 is 2.07 bits per heavy atom. The minimum absolute atomic E-state index is 0.0225. The van der Waals surface area contributed by atoms with E-state index in [1.54, 1.807) is 6.20 Å². The van der Waals surface area contributed by atoms with E-state index in [0.717, 1.165) is 51.6 Å². The molecule has 0 aliphatic carbocycles. The summed E-state index contributed by atoms with van der Waals surface area (Å²) in [5.74, 6) is -0.0225. The molecule has 6 nitrogen and oxygen atoms in total. The number of nitrogens with zero attached hydrogens (tertiary/aromatic N) is 3. The van der Waals surface area contributed by atoms with Crippen molar-refractivity contribution in [3.63, 3.8) is 0 Å². The van der Waals surface area contributed by atoms with Gasteiger partial charge in [-0.15, -0.1) is 0 Å². The van der Waals surface area contributed by atoms with Crippen molar-refractivity contribution in [2.45, 2.75) is 12.8 Å². The first kappa shape index (κ1) is 30.9. The van der Waals surface area contributed by atoms with E-state index in [9.17, 15) is 4.79 Å². The largest absolute Gasteiger partial charge is 0.329 e. The van der Waals surface area contributed by atoms with Gasteiger partial charge in [-0.2, -0.15) is 0 Å². The summed E-state index contributed by atoms with van der Waals surface area (Å²) in [5, 5.41) is 2.14. The summed E-state index contributed by atoms with van der Waals surface area (Å²) >= 11 is 3.40. The van der Waals surface area contributed by atoms with Gasteiger partial charge in [0.15, 0.2) is 5.78 Å².